The predicted molar refractivity (Wildman–Crippen MR) is 67.8 cm³/mol. The zero-order valence-electron chi connectivity index (χ0n) is 10.2. The van der Waals surface area contributed by atoms with Gasteiger partial charge in [0.25, 0.3) is 0 Å². The van der Waals surface area contributed by atoms with Crippen molar-refractivity contribution < 1.29 is 11.0 Å². The minimum atomic E-state index is 0. The van der Waals surface area contributed by atoms with Crippen molar-refractivity contribution in [2.45, 2.75) is 26.2 Å². The van der Waals surface area contributed by atoms with Crippen molar-refractivity contribution in [2.75, 3.05) is 19.5 Å². The standard InChI is InChI=1S/C11H13NO.C2H6O.H2/c1-2-4-8-5-3-6-10-9(8)7-11(13)12-10;1-3-2;/h3,5-6H,2,4,7H2,1H3,(H,12,13);1-2H3;1H. The molecule has 2 rings (SSSR count). The topological polar surface area (TPSA) is 38.3 Å². The Labute approximate surface area is 98.3 Å². The largest absolute Gasteiger partial charge is 0.388 e. The van der Waals surface area contributed by atoms with E-state index in [1.165, 1.54) is 11.1 Å². The van der Waals surface area contributed by atoms with Gasteiger partial charge in [0, 0.05) is 21.3 Å². The molecule has 1 aliphatic rings. The van der Waals surface area contributed by atoms with E-state index in [2.05, 4.69) is 23.0 Å². The van der Waals surface area contributed by atoms with Crippen LogP contribution in [-0.4, -0.2) is 20.1 Å². The highest BCUT2D eigenvalue weighted by molar-refractivity contribution is 5.99. The Morgan fingerprint density at radius 1 is 1.44 bits per heavy atom. The Morgan fingerprint density at radius 2 is 2.12 bits per heavy atom. The maximum absolute atomic E-state index is 11.1. The minimum absolute atomic E-state index is 0. The fraction of sp³-hybridized carbons (Fsp3) is 0.462. The molecule has 0 saturated carbocycles. The monoisotopic (exact) mass is 223 g/mol. The third kappa shape index (κ3) is 3.07. The van der Waals surface area contributed by atoms with Crippen molar-refractivity contribution in [3.8, 4) is 0 Å². The van der Waals surface area contributed by atoms with Gasteiger partial charge in [0.05, 0.1) is 6.42 Å². The Bertz CT molecular complexity index is 366. The second-order valence-corrected chi connectivity index (χ2v) is 3.83. The van der Waals surface area contributed by atoms with Crippen LogP contribution in [0, 0.1) is 0 Å². The summed E-state index contributed by atoms with van der Waals surface area (Å²) in [5.74, 6) is 0.124. The summed E-state index contributed by atoms with van der Waals surface area (Å²) in [4.78, 5) is 11.1. The van der Waals surface area contributed by atoms with Gasteiger partial charge in [0.2, 0.25) is 5.91 Å². The van der Waals surface area contributed by atoms with Crippen molar-refractivity contribution in [3.05, 3.63) is 29.3 Å². The Kier molecular flexibility index (Phi) is 4.99. The summed E-state index contributed by atoms with van der Waals surface area (Å²) in [7, 11) is 3.25. The normalized spacial score (nSPS) is 12.6. The number of carbonyl (C=O) groups excluding carboxylic acids is 1. The van der Waals surface area contributed by atoms with Gasteiger partial charge in [-0.3, -0.25) is 4.79 Å². The molecule has 3 nitrogen and oxygen atoms in total. The molecule has 1 N–H and O–H groups in total. The number of methoxy groups -OCH3 is 1. The second-order valence-electron chi connectivity index (χ2n) is 3.83. The first-order valence-electron chi connectivity index (χ1n) is 5.53. The summed E-state index contributed by atoms with van der Waals surface area (Å²) < 4.78 is 4.25. The summed E-state index contributed by atoms with van der Waals surface area (Å²) in [6.07, 6.45) is 2.76. The van der Waals surface area contributed by atoms with E-state index in [0.717, 1.165) is 18.5 Å². The van der Waals surface area contributed by atoms with E-state index in [-0.39, 0.29) is 7.33 Å². The van der Waals surface area contributed by atoms with E-state index in [9.17, 15) is 4.79 Å². The molecule has 1 aliphatic heterocycles. The first kappa shape index (κ1) is 12.7. The highest BCUT2D eigenvalue weighted by Crippen LogP contribution is 2.26. The van der Waals surface area contributed by atoms with Crippen molar-refractivity contribution in [2.24, 2.45) is 0 Å². The van der Waals surface area contributed by atoms with Gasteiger partial charge in [-0.15, -0.1) is 0 Å². The lowest BCUT2D eigenvalue weighted by Gasteiger charge is -2.04. The number of aryl methyl sites for hydroxylation is 1. The smallest absolute Gasteiger partial charge is 0.228 e. The molecule has 90 valence electrons. The van der Waals surface area contributed by atoms with Crippen LogP contribution in [0.1, 0.15) is 25.9 Å². The molecule has 16 heavy (non-hydrogen) atoms. The number of fused-ring (bicyclic) bond motifs is 1. The van der Waals surface area contributed by atoms with Gasteiger partial charge < -0.3 is 10.1 Å². The lowest BCUT2D eigenvalue weighted by atomic mass is 10.0. The molecule has 1 aromatic rings. The number of hydrogen-bond acceptors (Lipinski definition) is 2. The Balaban J connectivity index is 0.000000583. The molecule has 0 spiro atoms. The van der Waals surface area contributed by atoms with E-state index in [0.29, 0.717) is 6.42 Å². The van der Waals surface area contributed by atoms with Crippen molar-refractivity contribution in [1.29, 1.82) is 0 Å². The summed E-state index contributed by atoms with van der Waals surface area (Å²) in [5, 5.41) is 2.86. The number of rotatable bonds is 2. The number of benzene rings is 1. The van der Waals surface area contributed by atoms with Crippen LogP contribution >= 0.6 is 0 Å². The molecule has 0 bridgehead atoms. The molecule has 3 heteroatoms. The van der Waals surface area contributed by atoms with Crippen LogP contribution in [0.15, 0.2) is 18.2 Å². The first-order valence-corrected chi connectivity index (χ1v) is 5.53. The zero-order chi connectivity index (χ0) is 12.0. The Morgan fingerprint density at radius 3 is 2.75 bits per heavy atom. The zero-order valence-corrected chi connectivity index (χ0v) is 10.2. The van der Waals surface area contributed by atoms with E-state index in [1.54, 1.807) is 14.2 Å². The third-order valence-corrected chi connectivity index (χ3v) is 2.40. The minimum Gasteiger partial charge on any atom is -0.388 e. The molecule has 0 fully saturated rings. The summed E-state index contributed by atoms with van der Waals surface area (Å²) in [6, 6.07) is 6.09. The molecule has 0 radical (unpaired) electrons. The number of amides is 1. The Hall–Kier alpha value is -1.35. The van der Waals surface area contributed by atoms with Gasteiger partial charge in [0.15, 0.2) is 0 Å². The van der Waals surface area contributed by atoms with Crippen LogP contribution in [0.5, 0.6) is 0 Å². The molecule has 0 aromatic heterocycles. The van der Waals surface area contributed by atoms with E-state index >= 15 is 0 Å². The summed E-state index contributed by atoms with van der Waals surface area (Å²) >= 11 is 0. The fourth-order valence-electron chi connectivity index (χ4n) is 1.82. The molecular weight excluding hydrogens is 202 g/mol. The lowest BCUT2D eigenvalue weighted by Crippen LogP contribution is -2.03. The van der Waals surface area contributed by atoms with Gasteiger partial charge in [-0.05, 0) is 23.6 Å². The highest BCUT2D eigenvalue weighted by atomic mass is 16.4. The molecule has 1 amide bonds. The second kappa shape index (κ2) is 6.28. The van der Waals surface area contributed by atoms with Crippen LogP contribution in [0.4, 0.5) is 5.69 Å². The SMILES string of the molecule is CCCc1cccc2c1CC(=O)N2.COC.[HH]. The van der Waals surface area contributed by atoms with Crippen LogP contribution in [0.2, 0.25) is 0 Å². The number of ether oxygens (including phenoxy) is 1. The number of nitrogens with one attached hydrogen (secondary N) is 1. The average Bonchev–Trinajstić information content (AvgIpc) is 2.61. The van der Waals surface area contributed by atoms with Gasteiger partial charge in [-0.1, -0.05) is 25.5 Å². The van der Waals surface area contributed by atoms with Crippen LogP contribution in [-0.2, 0) is 22.4 Å². The van der Waals surface area contributed by atoms with Crippen LogP contribution in [0.25, 0.3) is 0 Å². The van der Waals surface area contributed by atoms with Crippen molar-refractivity contribution >= 4 is 11.6 Å². The maximum Gasteiger partial charge on any atom is 0.228 e. The number of anilines is 1. The van der Waals surface area contributed by atoms with Gasteiger partial charge in [0.1, 0.15) is 0 Å². The molecule has 0 aliphatic carbocycles. The number of hydrogen-bond donors (Lipinski definition) is 1. The molecule has 0 atom stereocenters. The molecule has 1 aromatic carbocycles. The maximum atomic E-state index is 11.1. The molecular formula is C13H21NO2. The third-order valence-electron chi connectivity index (χ3n) is 2.40. The van der Waals surface area contributed by atoms with Crippen LogP contribution < -0.4 is 5.32 Å². The van der Waals surface area contributed by atoms with E-state index in [1.807, 2.05) is 12.1 Å². The van der Waals surface area contributed by atoms with E-state index < -0.39 is 0 Å². The fourth-order valence-corrected chi connectivity index (χ4v) is 1.82. The van der Waals surface area contributed by atoms with Gasteiger partial charge in [-0.25, -0.2) is 0 Å². The van der Waals surface area contributed by atoms with Crippen LogP contribution in [0.3, 0.4) is 0 Å². The quantitative estimate of drug-likeness (QED) is 0.837. The first-order chi connectivity index (χ1) is 7.72. The van der Waals surface area contributed by atoms with E-state index in [4.69, 9.17) is 0 Å². The van der Waals surface area contributed by atoms with Gasteiger partial charge in [-0.2, -0.15) is 0 Å². The van der Waals surface area contributed by atoms with Crippen molar-refractivity contribution in [3.63, 3.8) is 0 Å². The predicted octanol–water partition coefficient (Wildman–Crippen LogP) is 2.64. The lowest BCUT2D eigenvalue weighted by molar-refractivity contribution is -0.115. The number of carbonyl (C=O) groups is 1. The average molecular weight is 223 g/mol. The molecule has 1 heterocycles. The summed E-state index contributed by atoms with van der Waals surface area (Å²) in [5.41, 5.74) is 3.53. The van der Waals surface area contributed by atoms with Gasteiger partial charge >= 0.3 is 0 Å². The summed E-state index contributed by atoms with van der Waals surface area (Å²) in [6.45, 7) is 2.16. The van der Waals surface area contributed by atoms with Crippen molar-refractivity contribution in [1.82, 2.24) is 0 Å². The molecule has 0 saturated heterocycles. The highest BCUT2D eigenvalue weighted by Gasteiger charge is 2.19. The molecule has 0 unspecified atom stereocenters.